The van der Waals surface area contributed by atoms with E-state index in [1.54, 1.807) is 0 Å². The first kappa shape index (κ1) is 10.3. The van der Waals surface area contributed by atoms with Gasteiger partial charge in [-0.25, -0.2) is 0 Å². The van der Waals surface area contributed by atoms with E-state index < -0.39 is 0 Å². The van der Waals surface area contributed by atoms with Gasteiger partial charge in [-0.2, -0.15) is 0 Å². The molecule has 2 nitrogen and oxygen atoms in total. The molecule has 0 radical (unpaired) electrons. The van der Waals surface area contributed by atoms with Crippen LogP contribution >= 0.6 is 27.3 Å². The van der Waals surface area contributed by atoms with Crippen molar-refractivity contribution in [1.29, 1.82) is 0 Å². The zero-order valence-electron chi connectivity index (χ0n) is 7.75. The molecule has 1 heterocycles. The largest absolute Gasteiger partial charge is 0.325 e. The number of hydrogen-bond donors (Lipinski definition) is 1. The zero-order valence-corrected chi connectivity index (χ0v) is 10.2. The van der Waals surface area contributed by atoms with Gasteiger partial charge in [0.05, 0.1) is 4.88 Å². The smallest absolute Gasteiger partial charge is 0.175 e. The number of carbonyl (C=O) groups excluding carboxylic acids is 1. The zero-order chi connectivity index (χ0) is 10.2. The van der Waals surface area contributed by atoms with Crippen molar-refractivity contribution in [2.75, 3.05) is 0 Å². The van der Waals surface area contributed by atoms with E-state index in [2.05, 4.69) is 15.9 Å². The summed E-state index contributed by atoms with van der Waals surface area (Å²) in [4.78, 5) is 12.6. The number of nitrogens with two attached hydrogens (primary N) is 1. The lowest BCUT2D eigenvalue weighted by Gasteiger charge is -2.37. The van der Waals surface area contributed by atoms with Gasteiger partial charge < -0.3 is 5.73 Å². The van der Waals surface area contributed by atoms with Crippen molar-refractivity contribution in [3.05, 3.63) is 20.8 Å². The Morgan fingerprint density at radius 3 is 2.79 bits per heavy atom. The predicted octanol–water partition coefficient (Wildman–Crippen LogP) is 2.96. The Hall–Kier alpha value is -0.190. The predicted molar refractivity (Wildman–Crippen MR) is 61.7 cm³/mol. The van der Waals surface area contributed by atoms with Gasteiger partial charge in [-0.3, -0.25) is 4.79 Å². The summed E-state index contributed by atoms with van der Waals surface area (Å²) in [5.41, 5.74) is 5.82. The summed E-state index contributed by atoms with van der Waals surface area (Å²) in [5, 5.41) is 1.92. The van der Waals surface area contributed by atoms with E-state index in [0.717, 1.165) is 28.6 Å². The first-order valence-electron chi connectivity index (χ1n) is 4.66. The number of carbonyl (C=O) groups is 1. The van der Waals surface area contributed by atoms with Crippen LogP contribution in [-0.4, -0.2) is 11.3 Å². The van der Waals surface area contributed by atoms with E-state index in [0.29, 0.717) is 6.42 Å². The van der Waals surface area contributed by atoms with Gasteiger partial charge in [0.1, 0.15) is 0 Å². The summed E-state index contributed by atoms with van der Waals surface area (Å²) in [6, 6.07) is 1.90. The summed E-state index contributed by atoms with van der Waals surface area (Å²) in [6.45, 7) is 0. The summed E-state index contributed by atoms with van der Waals surface area (Å²) >= 11 is 4.84. The first-order chi connectivity index (χ1) is 6.61. The molecular weight excluding hydrogens is 262 g/mol. The third-order valence-corrected chi connectivity index (χ3v) is 4.61. The lowest BCUT2D eigenvalue weighted by molar-refractivity contribution is 0.0915. The van der Waals surface area contributed by atoms with Crippen LogP contribution in [0.1, 0.15) is 35.4 Å². The Bertz CT molecular complexity index is 357. The van der Waals surface area contributed by atoms with Crippen LogP contribution in [0, 0.1) is 0 Å². The molecule has 76 valence electrons. The fourth-order valence-electron chi connectivity index (χ4n) is 1.70. The van der Waals surface area contributed by atoms with Crippen molar-refractivity contribution in [3.63, 3.8) is 0 Å². The lowest BCUT2D eigenvalue weighted by atomic mass is 9.74. The molecule has 1 saturated carbocycles. The average molecular weight is 274 g/mol. The van der Waals surface area contributed by atoms with E-state index in [-0.39, 0.29) is 11.3 Å². The van der Waals surface area contributed by atoms with Gasteiger partial charge in [-0.1, -0.05) is 0 Å². The van der Waals surface area contributed by atoms with Gasteiger partial charge in [-0.15, -0.1) is 11.3 Å². The Morgan fingerprint density at radius 1 is 1.64 bits per heavy atom. The Morgan fingerprint density at radius 2 is 2.36 bits per heavy atom. The molecule has 2 rings (SSSR count). The van der Waals surface area contributed by atoms with Gasteiger partial charge in [0, 0.05) is 16.4 Å². The van der Waals surface area contributed by atoms with Gasteiger partial charge in [0.2, 0.25) is 0 Å². The third-order valence-electron chi connectivity index (χ3n) is 2.73. The van der Waals surface area contributed by atoms with Crippen LogP contribution in [0.25, 0.3) is 0 Å². The minimum Gasteiger partial charge on any atom is -0.325 e. The van der Waals surface area contributed by atoms with Crippen molar-refractivity contribution in [2.24, 2.45) is 5.73 Å². The van der Waals surface area contributed by atoms with Crippen LogP contribution < -0.4 is 5.73 Å². The van der Waals surface area contributed by atoms with Crippen LogP contribution in [0.15, 0.2) is 15.9 Å². The molecule has 14 heavy (non-hydrogen) atoms. The number of halogens is 1. The molecule has 1 aliphatic carbocycles. The first-order valence-corrected chi connectivity index (χ1v) is 6.33. The molecule has 4 heteroatoms. The molecule has 1 fully saturated rings. The molecule has 2 N–H and O–H groups in total. The molecule has 0 amide bonds. The maximum Gasteiger partial charge on any atom is 0.175 e. The van der Waals surface area contributed by atoms with Gasteiger partial charge in [0.15, 0.2) is 5.78 Å². The van der Waals surface area contributed by atoms with Gasteiger partial charge in [-0.05, 0) is 46.6 Å². The van der Waals surface area contributed by atoms with E-state index >= 15 is 0 Å². The van der Waals surface area contributed by atoms with Crippen LogP contribution in [0.3, 0.4) is 0 Å². The summed E-state index contributed by atoms with van der Waals surface area (Å²) < 4.78 is 0.899. The minimum atomic E-state index is -0.208. The molecule has 0 unspecified atom stereocenters. The van der Waals surface area contributed by atoms with E-state index in [9.17, 15) is 4.79 Å². The normalized spacial score (nSPS) is 19.0. The molecule has 1 aliphatic rings. The SMILES string of the molecule is NC1(CC(=O)c2sccc2Br)CCC1. The standard InChI is InChI=1S/C10H12BrNOS/c11-7-2-5-14-9(7)8(13)6-10(12)3-1-4-10/h2,5H,1,3-4,6,12H2. The second kappa shape index (κ2) is 3.76. The van der Waals surface area contributed by atoms with Crippen LogP contribution in [0.4, 0.5) is 0 Å². The quantitative estimate of drug-likeness (QED) is 0.861. The molecule has 1 aromatic heterocycles. The number of Topliss-reactive ketones (excluding diaryl/α,β-unsaturated/α-hetero) is 1. The molecule has 0 spiro atoms. The fraction of sp³-hybridized carbons (Fsp3) is 0.500. The second-order valence-corrected chi connectivity index (χ2v) is 5.68. The number of ketones is 1. The maximum absolute atomic E-state index is 11.8. The van der Waals surface area contributed by atoms with E-state index in [4.69, 9.17) is 5.73 Å². The van der Waals surface area contributed by atoms with Gasteiger partial charge >= 0.3 is 0 Å². The lowest BCUT2D eigenvalue weighted by Crippen LogP contribution is -2.48. The molecule has 0 bridgehead atoms. The number of rotatable bonds is 3. The van der Waals surface area contributed by atoms with Crippen LogP contribution in [0.5, 0.6) is 0 Å². The maximum atomic E-state index is 11.8. The fourth-order valence-corrected chi connectivity index (χ4v) is 3.23. The molecule has 0 atom stereocenters. The van der Waals surface area contributed by atoms with Crippen molar-refractivity contribution in [1.82, 2.24) is 0 Å². The van der Waals surface area contributed by atoms with Crippen molar-refractivity contribution in [2.45, 2.75) is 31.2 Å². The monoisotopic (exact) mass is 273 g/mol. The summed E-state index contributed by atoms with van der Waals surface area (Å²) in [6.07, 6.45) is 3.63. The number of hydrogen-bond acceptors (Lipinski definition) is 3. The summed E-state index contributed by atoms with van der Waals surface area (Å²) in [7, 11) is 0. The highest BCUT2D eigenvalue weighted by Crippen LogP contribution is 2.35. The van der Waals surface area contributed by atoms with Crippen molar-refractivity contribution in [3.8, 4) is 0 Å². The molecule has 0 aliphatic heterocycles. The minimum absolute atomic E-state index is 0.175. The second-order valence-electron chi connectivity index (χ2n) is 3.91. The molecule has 0 aromatic carbocycles. The summed E-state index contributed by atoms with van der Waals surface area (Å²) in [5.74, 6) is 0.175. The molecular formula is C10H12BrNOS. The molecule has 0 saturated heterocycles. The Balaban J connectivity index is 2.06. The van der Waals surface area contributed by atoms with Crippen LogP contribution in [0.2, 0.25) is 0 Å². The van der Waals surface area contributed by atoms with Gasteiger partial charge in [0.25, 0.3) is 0 Å². The Labute approximate surface area is 95.6 Å². The van der Waals surface area contributed by atoms with Crippen molar-refractivity contribution >= 4 is 33.0 Å². The highest BCUT2D eigenvalue weighted by molar-refractivity contribution is 9.10. The molecule has 1 aromatic rings. The van der Waals surface area contributed by atoms with E-state index in [1.807, 2.05) is 11.4 Å². The van der Waals surface area contributed by atoms with E-state index in [1.165, 1.54) is 11.3 Å². The number of thiophene rings is 1. The topological polar surface area (TPSA) is 43.1 Å². The third kappa shape index (κ3) is 1.92. The van der Waals surface area contributed by atoms with Crippen LogP contribution in [-0.2, 0) is 0 Å². The average Bonchev–Trinajstić information content (AvgIpc) is 2.48. The Kier molecular flexibility index (Phi) is 2.77. The highest BCUT2D eigenvalue weighted by atomic mass is 79.9. The highest BCUT2D eigenvalue weighted by Gasteiger charge is 2.35. The van der Waals surface area contributed by atoms with Crippen molar-refractivity contribution < 1.29 is 4.79 Å².